The Labute approximate surface area is 156 Å². The first-order valence-electron chi connectivity index (χ1n) is 8.40. The van der Waals surface area contributed by atoms with Crippen LogP contribution in [0.15, 0.2) is 36.4 Å². The first kappa shape index (κ1) is 17.9. The van der Waals surface area contributed by atoms with Gasteiger partial charge in [-0.15, -0.1) is 0 Å². The summed E-state index contributed by atoms with van der Waals surface area (Å²) in [5, 5.41) is 3.68. The summed E-state index contributed by atoms with van der Waals surface area (Å²) >= 11 is 3.43. The zero-order valence-electron chi connectivity index (χ0n) is 14.5. The highest BCUT2D eigenvalue weighted by molar-refractivity contribution is 9.09. The van der Waals surface area contributed by atoms with E-state index in [4.69, 9.17) is 4.74 Å². The number of carbonyl (C=O) groups excluding carboxylic acids is 1. The maximum Gasteiger partial charge on any atom is 0.260 e. The zero-order chi connectivity index (χ0) is 17.8. The van der Waals surface area contributed by atoms with Crippen molar-refractivity contribution in [2.45, 2.75) is 25.8 Å². The van der Waals surface area contributed by atoms with Gasteiger partial charge in [0.05, 0.1) is 13.2 Å². The first-order chi connectivity index (χ1) is 12.1. The molecule has 0 bridgehead atoms. The number of hydrogen-bond acceptors (Lipinski definition) is 4. The summed E-state index contributed by atoms with van der Waals surface area (Å²) in [7, 11) is 1.65. The second kappa shape index (κ2) is 7.97. The second-order valence-corrected chi connectivity index (χ2v) is 6.85. The van der Waals surface area contributed by atoms with E-state index in [-0.39, 0.29) is 11.9 Å². The Kier molecular flexibility index (Phi) is 5.71. The number of halogens is 1. The highest BCUT2D eigenvalue weighted by Crippen LogP contribution is 2.32. The van der Waals surface area contributed by atoms with E-state index in [9.17, 15) is 4.79 Å². The van der Waals surface area contributed by atoms with Crippen LogP contribution < -0.4 is 10.2 Å². The van der Waals surface area contributed by atoms with Crippen molar-refractivity contribution in [2.75, 3.05) is 19.0 Å². The van der Waals surface area contributed by atoms with Crippen molar-refractivity contribution in [1.29, 1.82) is 0 Å². The molecule has 1 aromatic carbocycles. The van der Waals surface area contributed by atoms with Gasteiger partial charge in [-0.05, 0) is 37.5 Å². The molecule has 2 aromatic rings. The van der Waals surface area contributed by atoms with Gasteiger partial charge in [0.1, 0.15) is 11.3 Å². The van der Waals surface area contributed by atoms with Crippen molar-refractivity contribution in [2.24, 2.45) is 0 Å². The van der Waals surface area contributed by atoms with Crippen LogP contribution in [0.25, 0.3) is 10.9 Å². The molecule has 2 heterocycles. The maximum absolute atomic E-state index is 12.1. The van der Waals surface area contributed by atoms with Gasteiger partial charge in [0, 0.05) is 29.0 Å². The van der Waals surface area contributed by atoms with Crippen molar-refractivity contribution in [3.8, 4) is 5.75 Å². The molecule has 0 saturated heterocycles. The second-order valence-electron chi connectivity index (χ2n) is 6.06. The van der Waals surface area contributed by atoms with Crippen LogP contribution in [0.3, 0.4) is 0 Å². The van der Waals surface area contributed by atoms with Gasteiger partial charge in [0.15, 0.2) is 0 Å². The quantitative estimate of drug-likeness (QED) is 0.590. The summed E-state index contributed by atoms with van der Waals surface area (Å²) in [4.78, 5) is 16.7. The van der Waals surface area contributed by atoms with Crippen LogP contribution in [-0.2, 0) is 4.79 Å². The molecule has 6 heteroatoms. The third-order valence-electron chi connectivity index (χ3n) is 4.31. The summed E-state index contributed by atoms with van der Waals surface area (Å²) in [6.45, 7) is 2.66. The number of fused-ring (bicyclic) bond motifs is 1. The standard InChI is InChI=1S/C19H22BrN3O2/c1-13-5-6-15-14(7-9-17(25-2)19(15)21-13)16-8-10-18(24)23(22-16)12-4-3-11-20/h5-10,16,22H,3-4,11-12H2,1-2H3. The molecule has 25 heavy (non-hydrogen) atoms. The molecule has 132 valence electrons. The van der Waals surface area contributed by atoms with Crippen molar-refractivity contribution >= 4 is 32.7 Å². The Hall–Kier alpha value is -1.92. The van der Waals surface area contributed by atoms with E-state index >= 15 is 0 Å². The van der Waals surface area contributed by atoms with E-state index in [0.717, 1.165) is 46.1 Å². The van der Waals surface area contributed by atoms with Crippen molar-refractivity contribution in [3.05, 3.63) is 47.7 Å². The largest absolute Gasteiger partial charge is 0.494 e. The number of hydrazine groups is 1. The number of unbranched alkanes of at least 4 members (excludes halogenated alkanes) is 1. The normalized spacial score (nSPS) is 17.3. The van der Waals surface area contributed by atoms with Gasteiger partial charge in [-0.1, -0.05) is 34.1 Å². The average Bonchev–Trinajstić information content (AvgIpc) is 2.62. The molecular weight excluding hydrogens is 382 g/mol. The van der Waals surface area contributed by atoms with E-state index < -0.39 is 0 Å². The van der Waals surface area contributed by atoms with Gasteiger partial charge < -0.3 is 4.74 Å². The fourth-order valence-corrected chi connectivity index (χ4v) is 3.40. The molecule has 1 aliphatic rings. The molecule has 5 nitrogen and oxygen atoms in total. The van der Waals surface area contributed by atoms with Crippen molar-refractivity contribution in [3.63, 3.8) is 0 Å². The number of aromatic nitrogens is 1. The fourth-order valence-electron chi connectivity index (χ4n) is 3.00. The molecule has 3 rings (SSSR count). The highest BCUT2D eigenvalue weighted by Gasteiger charge is 2.23. The van der Waals surface area contributed by atoms with Crippen molar-refractivity contribution in [1.82, 2.24) is 15.4 Å². The van der Waals surface area contributed by atoms with Crippen LogP contribution in [0.2, 0.25) is 0 Å². The Balaban J connectivity index is 1.93. The van der Waals surface area contributed by atoms with Gasteiger partial charge >= 0.3 is 0 Å². The van der Waals surface area contributed by atoms with Gasteiger partial charge in [-0.3, -0.25) is 9.80 Å². The Morgan fingerprint density at radius 2 is 2.12 bits per heavy atom. The lowest BCUT2D eigenvalue weighted by Gasteiger charge is -2.31. The van der Waals surface area contributed by atoms with Crippen molar-refractivity contribution < 1.29 is 9.53 Å². The molecule has 1 amide bonds. The predicted octanol–water partition coefficient (Wildman–Crippen LogP) is 3.67. The summed E-state index contributed by atoms with van der Waals surface area (Å²) in [6.07, 6.45) is 5.54. The minimum absolute atomic E-state index is 0.00221. The van der Waals surface area contributed by atoms with Crippen LogP contribution in [0.4, 0.5) is 0 Å². The number of methoxy groups -OCH3 is 1. The first-order valence-corrected chi connectivity index (χ1v) is 9.52. The third-order valence-corrected chi connectivity index (χ3v) is 4.87. The number of hydrogen-bond donors (Lipinski definition) is 1. The Morgan fingerprint density at radius 1 is 1.28 bits per heavy atom. The van der Waals surface area contributed by atoms with E-state index in [1.54, 1.807) is 18.2 Å². The van der Waals surface area contributed by atoms with Gasteiger partial charge in [-0.2, -0.15) is 0 Å². The maximum atomic E-state index is 12.1. The number of nitrogens with zero attached hydrogens (tertiary/aromatic N) is 2. The number of amides is 1. The number of nitrogens with one attached hydrogen (secondary N) is 1. The van der Waals surface area contributed by atoms with Gasteiger partial charge in [0.2, 0.25) is 0 Å². The molecule has 1 atom stereocenters. The summed E-state index contributed by atoms with van der Waals surface area (Å²) < 4.78 is 5.46. The van der Waals surface area contributed by atoms with Crippen LogP contribution >= 0.6 is 15.9 Å². The molecular formula is C19H22BrN3O2. The molecule has 0 radical (unpaired) electrons. The monoisotopic (exact) mass is 403 g/mol. The minimum Gasteiger partial charge on any atom is -0.494 e. The fraction of sp³-hybridized carbons (Fsp3) is 0.368. The van der Waals surface area contributed by atoms with Crippen LogP contribution in [0.5, 0.6) is 5.75 Å². The lowest BCUT2D eigenvalue weighted by Crippen LogP contribution is -2.46. The molecule has 0 spiro atoms. The van der Waals surface area contributed by atoms with Crippen LogP contribution in [0, 0.1) is 6.92 Å². The van der Waals surface area contributed by atoms with Crippen LogP contribution in [-0.4, -0.2) is 34.9 Å². The topological polar surface area (TPSA) is 54.5 Å². The van der Waals surface area contributed by atoms with E-state index in [1.807, 2.05) is 31.2 Å². The SMILES string of the molecule is COc1ccc(C2C=CC(=O)N(CCCCBr)N2)c2ccc(C)nc12. The van der Waals surface area contributed by atoms with E-state index in [2.05, 4.69) is 32.4 Å². The number of ether oxygens (including phenoxy) is 1. The smallest absolute Gasteiger partial charge is 0.260 e. The lowest BCUT2D eigenvalue weighted by atomic mass is 9.99. The third kappa shape index (κ3) is 3.85. The number of pyridine rings is 1. The molecule has 1 unspecified atom stereocenters. The summed E-state index contributed by atoms with van der Waals surface area (Å²) in [5.74, 6) is 0.755. The van der Waals surface area contributed by atoms with Crippen LogP contribution in [0.1, 0.15) is 30.1 Å². The molecule has 0 aliphatic carbocycles. The lowest BCUT2D eigenvalue weighted by molar-refractivity contribution is -0.130. The molecule has 1 aromatic heterocycles. The number of alkyl halides is 1. The van der Waals surface area contributed by atoms with E-state index in [0.29, 0.717) is 6.54 Å². The Morgan fingerprint density at radius 3 is 2.88 bits per heavy atom. The zero-order valence-corrected chi connectivity index (χ0v) is 16.0. The van der Waals surface area contributed by atoms with Gasteiger partial charge in [-0.25, -0.2) is 10.4 Å². The highest BCUT2D eigenvalue weighted by atomic mass is 79.9. The predicted molar refractivity (Wildman–Crippen MR) is 103 cm³/mol. The molecule has 0 fully saturated rings. The molecule has 1 N–H and O–H groups in total. The summed E-state index contributed by atoms with van der Waals surface area (Å²) in [6, 6.07) is 7.96. The van der Waals surface area contributed by atoms with Gasteiger partial charge in [0.25, 0.3) is 5.91 Å². The minimum atomic E-state index is -0.0698. The van der Waals surface area contributed by atoms with E-state index in [1.165, 1.54) is 0 Å². The average molecular weight is 404 g/mol. The summed E-state index contributed by atoms with van der Waals surface area (Å²) in [5.41, 5.74) is 6.21. The number of aryl methyl sites for hydroxylation is 1. The number of benzene rings is 1. The molecule has 0 saturated carbocycles. The number of rotatable bonds is 6. The molecule has 1 aliphatic heterocycles. The Bertz CT molecular complexity index is 807. The number of carbonyl (C=O) groups is 1.